The molecule has 8 heteroatoms. The molecule has 1 aliphatic heterocycles. The highest BCUT2D eigenvalue weighted by Crippen LogP contribution is 2.20. The first-order chi connectivity index (χ1) is 11.1. The van der Waals surface area contributed by atoms with Gasteiger partial charge in [0.2, 0.25) is 5.91 Å². The predicted octanol–water partition coefficient (Wildman–Crippen LogP) is 1.31. The minimum absolute atomic E-state index is 0.0558. The highest BCUT2D eigenvalue weighted by atomic mass is 16.5. The zero-order valence-corrected chi connectivity index (χ0v) is 13.5. The average Bonchev–Trinajstić information content (AvgIpc) is 3.18. The van der Waals surface area contributed by atoms with Gasteiger partial charge in [0, 0.05) is 19.2 Å². The largest absolute Gasteiger partial charge is 0.360 e. The lowest BCUT2D eigenvalue weighted by Gasteiger charge is -2.35. The van der Waals surface area contributed by atoms with Crippen LogP contribution >= 0.6 is 0 Å². The van der Waals surface area contributed by atoms with Gasteiger partial charge in [-0.1, -0.05) is 5.16 Å². The summed E-state index contributed by atoms with van der Waals surface area (Å²) in [5, 5.41) is 10.8. The van der Waals surface area contributed by atoms with Gasteiger partial charge >= 0.3 is 0 Å². The Morgan fingerprint density at radius 3 is 3.13 bits per heavy atom. The maximum absolute atomic E-state index is 12.4. The molecule has 0 bridgehead atoms. The number of hydrogen-bond acceptors (Lipinski definition) is 6. The van der Waals surface area contributed by atoms with E-state index in [2.05, 4.69) is 25.5 Å². The number of likely N-dealkylation sites (tertiary alicyclic amines) is 1. The number of amides is 1. The number of rotatable bonds is 5. The van der Waals surface area contributed by atoms with E-state index in [9.17, 15) is 4.79 Å². The Balaban J connectivity index is 1.55. The van der Waals surface area contributed by atoms with Crippen molar-refractivity contribution in [3.05, 3.63) is 24.5 Å². The molecule has 2 aromatic rings. The Morgan fingerprint density at radius 1 is 1.57 bits per heavy atom. The zero-order valence-electron chi connectivity index (χ0n) is 13.5. The van der Waals surface area contributed by atoms with Crippen LogP contribution in [0.4, 0.5) is 5.82 Å². The molecule has 2 atom stereocenters. The molecular formula is C15H22N6O2. The number of nitrogens with zero attached hydrogens (tertiary/aromatic N) is 5. The first kappa shape index (κ1) is 15.7. The molecule has 23 heavy (non-hydrogen) atoms. The van der Waals surface area contributed by atoms with E-state index in [-0.39, 0.29) is 11.9 Å². The minimum atomic E-state index is -0.203. The van der Waals surface area contributed by atoms with Crippen LogP contribution in [0, 0.1) is 12.8 Å². The summed E-state index contributed by atoms with van der Waals surface area (Å²) >= 11 is 0. The van der Waals surface area contributed by atoms with Gasteiger partial charge in [-0.2, -0.15) is 5.10 Å². The van der Waals surface area contributed by atoms with Crippen molar-refractivity contribution in [2.45, 2.75) is 39.3 Å². The molecular weight excluding hydrogens is 296 g/mol. The lowest BCUT2D eigenvalue weighted by atomic mass is 9.96. The highest BCUT2D eigenvalue weighted by molar-refractivity contribution is 5.93. The van der Waals surface area contributed by atoms with Crippen LogP contribution in [-0.4, -0.2) is 49.9 Å². The number of hydrogen-bond donors (Lipinski definition) is 1. The van der Waals surface area contributed by atoms with Gasteiger partial charge in [0.25, 0.3) is 0 Å². The van der Waals surface area contributed by atoms with Gasteiger partial charge in [0.1, 0.15) is 18.4 Å². The van der Waals surface area contributed by atoms with E-state index in [1.807, 2.05) is 11.6 Å². The van der Waals surface area contributed by atoms with E-state index in [1.165, 1.54) is 0 Å². The van der Waals surface area contributed by atoms with E-state index >= 15 is 0 Å². The Hall–Kier alpha value is -2.22. The summed E-state index contributed by atoms with van der Waals surface area (Å²) < 4.78 is 6.83. The van der Waals surface area contributed by atoms with Gasteiger partial charge < -0.3 is 9.84 Å². The molecule has 2 aromatic heterocycles. The second-order valence-electron chi connectivity index (χ2n) is 6.11. The van der Waals surface area contributed by atoms with Crippen molar-refractivity contribution in [1.82, 2.24) is 24.8 Å². The minimum Gasteiger partial charge on any atom is -0.360 e. The summed E-state index contributed by atoms with van der Waals surface area (Å²) in [6.07, 6.45) is 5.52. The van der Waals surface area contributed by atoms with Crippen LogP contribution in [0.1, 0.15) is 25.5 Å². The zero-order chi connectivity index (χ0) is 16.2. The molecule has 0 radical (unpaired) electrons. The Morgan fingerprint density at radius 2 is 2.43 bits per heavy atom. The Kier molecular flexibility index (Phi) is 4.71. The summed E-state index contributed by atoms with van der Waals surface area (Å²) in [5.41, 5.74) is 0. The number of anilines is 1. The van der Waals surface area contributed by atoms with Crippen molar-refractivity contribution in [3.63, 3.8) is 0 Å². The average molecular weight is 318 g/mol. The first-order valence-corrected chi connectivity index (χ1v) is 7.92. The van der Waals surface area contributed by atoms with Crippen molar-refractivity contribution in [2.75, 3.05) is 18.4 Å². The van der Waals surface area contributed by atoms with Crippen LogP contribution in [0.5, 0.6) is 0 Å². The van der Waals surface area contributed by atoms with Crippen LogP contribution in [0.25, 0.3) is 0 Å². The predicted molar refractivity (Wildman–Crippen MR) is 83.7 cm³/mol. The van der Waals surface area contributed by atoms with Gasteiger partial charge in [0.15, 0.2) is 5.82 Å². The molecule has 8 nitrogen and oxygen atoms in total. The molecule has 0 spiro atoms. The van der Waals surface area contributed by atoms with Crippen molar-refractivity contribution in [3.8, 4) is 0 Å². The number of nitrogens with one attached hydrogen (secondary N) is 1. The second kappa shape index (κ2) is 6.91. The number of aryl methyl sites for hydroxylation is 1. The van der Waals surface area contributed by atoms with Crippen molar-refractivity contribution in [1.29, 1.82) is 0 Å². The third kappa shape index (κ3) is 3.95. The molecule has 1 aliphatic rings. The molecule has 1 N–H and O–H groups in total. The van der Waals surface area contributed by atoms with Gasteiger partial charge in [-0.3, -0.25) is 14.4 Å². The normalized spacial score (nSPS) is 20.3. The van der Waals surface area contributed by atoms with Gasteiger partial charge in [-0.15, -0.1) is 0 Å². The highest BCUT2D eigenvalue weighted by Gasteiger charge is 2.28. The van der Waals surface area contributed by atoms with E-state index in [0.29, 0.717) is 17.5 Å². The molecule has 0 aromatic carbocycles. The van der Waals surface area contributed by atoms with Gasteiger partial charge in [-0.25, -0.2) is 4.98 Å². The molecule has 1 fully saturated rings. The molecule has 3 rings (SSSR count). The van der Waals surface area contributed by atoms with E-state index in [1.54, 1.807) is 25.6 Å². The van der Waals surface area contributed by atoms with E-state index in [0.717, 1.165) is 32.5 Å². The SMILES string of the molecule is Cc1cc(NC(=O)[C@@H](C)N2CCC[C@H](Cn3cncn3)C2)no1. The van der Waals surface area contributed by atoms with Crippen molar-refractivity contribution < 1.29 is 9.32 Å². The van der Waals surface area contributed by atoms with Gasteiger partial charge in [-0.05, 0) is 39.2 Å². The fourth-order valence-corrected chi connectivity index (χ4v) is 3.01. The maximum atomic E-state index is 12.4. The smallest absolute Gasteiger partial charge is 0.242 e. The van der Waals surface area contributed by atoms with Crippen molar-refractivity contribution in [2.24, 2.45) is 5.92 Å². The van der Waals surface area contributed by atoms with E-state index in [4.69, 9.17) is 4.52 Å². The van der Waals surface area contributed by atoms with Crippen LogP contribution < -0.4 is 5.32 Å². The lowest BCUT2D eigenvalue weighted by Crippen LogP contribution is -2.47. The second-order valence-corrected chi connectivity index (χ2v) is 6.11. The summed E-state index contributed by atoms with van der Waals surface area (Å²) in [4.78, 5) is 18.6. The molecule has 124 valence electrons. The van der Waals surface area contributed by atoms with E-state index < -0.39 is 0 Å². The van der Waals surface area contributed by atoms with Crippen LogP contribution in [0.3, 0.4) is 0 Å². The number of aromatic nitrogens is 4. The third-order valence-electron chi connectivity index (χ3n) is 4.27. The monoisotopic (exact) mass is 318 g/mol. The fraction of sp³-hybridized carbons (Fsp3) is 0.600. The maximum Gasteiger partial charge on any atom is 0.242 e. The summed E-state index contributed by atoms with van der Waals surface area (Å²) in [6.45, 7) is 6.38. The number of carbonyl (C=O) groups is 1. The Labute approximate surface area is 134 Å². The first-order valence-electron chi connectivity index (χ1n) is 7.92. The molecule has 0 aliphatic carbocycles. The molecule has 1 amide bonds. The summed E-state index contributed by atoms with van der Waals surface area (Å²) in [6, 6.07) is 1.51. The number of carbonyl (C=O) groups excluding carboxylic acids is 1. The quantitative estimate of drug-likeness (QED) is 0.894. The van der Waals surface area contributed by atoms with Crippen LogP contribution in [0.2, 0.25) is 0 Å². The van der Waals surface area contributed by atoms with Gasteiger partial charge in [0.05, 0.1) is 6.04 Å². The van der Waals surface area contributed by atoms with Crippen LogP contribution in [0.15, 0.2) is 23.2 Å². The van der Waals surface area contributed by atoms with Crippen LogP contribution in [-0.2, 0) is 11.3 Å². The number of piperidine rings is 1. The third-order valence-corrected chi connectivity index (χ3v) is 4.27. The topological polar surface area (TPSA) is 89.1 Å². The summed E-state index contributed by atoms with van der Waals surface area (Å²) in [5.74, 6) is 1.57. The standard InChI is InChI=1S/C15H22N6O2/c1-11-6-14(19-23-11)18-15(22)12(2)20-5-3-4-13(7-20)8-21-10-16-9-17-21/h6,9-10,12-13H,3-5,7-8H2,1-2H3,(H,18,19,22)/t12-,13+/m1/s1. The summed E-state index contributed by atoms with van der Waals surface area (Å²) in [7, 11) is 0. The lowest BCUT2D eigenvalue weighted by molar-refractivity contribution is -0.121. The molecule has 0 unspecified atom stereocenters. The molecule has 1 saturated heterocycles. The molecule has 3 heterocycles. The fourth-order valence-electron chi connectivity index (χ4n) is 3.01. The molecule has 0 saturated carbocycles. The van der Waals surface area contributed by atoms with Crippen molar-refractivity contribution >= 4 is 11.7 Å². The Bertz CT molecular complexity index is 638.